The monoisotopic (exact) mass is 388 g/mol. The number of nitrogens with zero attached hydrogens (tertiary/aromatic N) is 3. The van der Waals surface area contributed by atoms with Crippen molar-refractivity contribution in [2.75, 3.05) is 23.3 Å². The normalized spacial score (nSPS) is 14.0. The second-order valence-corrected chi connectivity index (χ2v) is 7.96. The fraction of sp³-hybridized carbons (Fsp3) is 0.333. The number of nitrogens with one attached hydrogen (secondary N) is 1. The van der Waals surface area contributed by atoms with Crippen LogP contribution >= 0.6 is 0 Å². The Morgan fingerprint density at radius 2 is 1.72 bits per heavy atom. The third-order valence-electron chi connectivity index (χ3n) is 5.61. The lowest BCUT2D eigenvalue weighted by Crippen LogP contribution is -2.27. The predicted octanol–water partition coefficient (Wildman–Crippen LogP) is 4.55. The minimum absolute atomic E-state index is 0.523. The summed E-state index contributed by atoms with van der Waals surface area (Å²) in [6.45, 7) is 9.72. The van der Waals surface area contributed by atoms with Crippen LogP contribution in [0.2, 0.25) is 0 Å². The molecule has 5 heteroatoms. The zero-order valence-corrected chi connectivity index (χ0v) is 17.5. The van der Waals surface area contributed by atoms with Crippen LogP contribution in [0.3, 0.4) is 0 Å². The Labute approximate surface area is 172 Å². The lowest BCUT2D eigenvalue weighted by atomic mass is 10.1. The summed E-state index contributed by atoms with van der Waals surface area (Å²) in [5, 5.41) is 14.1. The van der Waals surface area contributed by atoms with Gasteiger partial charge in [-0.05, 0) is 50.8 Å². The Bertz CT molecular complexity index is 1010. The summed E-state index contributed by atoms with van der Waals surface area (Å²) in [6, 6.07) is 14.1. The first kappa shape index (κ1) is 19.4. The van der Waals surface area contributed by atoms with Crippen molar-refractivity contribution >= 4 is 17.5 Å². The molecule has 1 aromatic heterocycles. The first-order valence-corrected chi connectivity index (χ1v) is 10.1. The quantitative estimate of drug-likeness (QED) is 0.671. The van der Waals surface area contributed by atoms with E-state index in [0.29, 0.717) is 12.5 Å². The number of hydrogen-bond acceptors (Lipinski definition) is 5. The number of β-amino-alcohol motifs (C(OH)–C–C–N with tert-alkyl or cyclic N) is 1. The van der Waals surface area contributed by atoms with E-state index < -0.39 is 6.10 Å². The average molecular weight is 389 g/mol. The van der Waals surface area contributed by atoms with Gasteiger partial charge in [-0.15, -0.1) is 0 Å². The van der Waals surface area contributed by atoms with E-state index in [-0.39, 0.29) is 0 Å². The highest BCUT2D eigenvalue weighted by Gasteiger charge is 2.26. The third-order valence-corrected chi connectivity index (χ3v) is 5.61. The zero-order valence-electron chi connectivity index (χ0n) is 17.5. The molecule has 2 N–H and O–H groups in total. The number of hydrogen-bond donors (Lipinski definition) is 2. The molecular formula is C24H28N4O. The maximum atomic E-state index is 10.7. The molecule has 150 valence electrons. The number of rotatable bonds is 5. The van der Waals surface area contributed by atoms with Crippen molar-refractivity contribution in [2.45, 2.75) is 40.2 Å². The molecule has 1 atom stereocenters. The highest BCUT2D eigenvalue weighted by atomic mass is 16.3. The van der Waals surface area contributed by atoms with Gasteiger partial charge in [0.15, 0.2) is 0 Å². The van der Waals surface area contributed by atoms with E-state index in [9.17, 15) is 5.11 Å². The molecule has 3 aromatic rings. The number of aliphatic hydroxyl groups excluding tert-OH is 1. The van der Waals surface area contributed by atoms with Crippen molar-refractivity contribution in [3.8, 4) is 0 Å². The van der Waals surface area contributed by atoms with Gasteiger partial charge in [0, 0.05) is 30.0 Å². The van der Waals surface area contributed by atoms with Gasteiger partial charge in [0.2, 0.25) is 5.95 Å². The van der Waals surface area contributed by atoms with E-state index >= 15 is 0 Å². The van der Waals surface area contributed by atoms with Gasteiger partial charge in [-0.1, -0.05) is 48.0 Å². The zero-order chi connectivity index (χ0) is 20.5. The maximum absolute atomic E-state index is 10.7. The molecule has 0 aliphatic carbocycles. The van der Waals surface area contributed by atoms with Crippen molar-refractivity contribution in [1.82, 2.24) is 9.97 Å². The molecule has 0 saturated carbocycles. The Balaban J connectivity index is 1.61. The average Bonchev–Trinajstić information content (AvgIpc) is 3.08. The van der Waals surface area contributed by atoms with Crippen LogP contribution in [0.1, 0.15) is 39.6 Å². The molecule has 4 rings (SSSR count). The van der Waals surface area contributed by atoms with E-state index in [1.165, 1.54) is 22.3 Å². The largest absolute Gasteiger partial charge is 0.387 e. The van der Waals surface area contributed by atoms with Crippen molar-refractivity contribution in [3.05, 3.63) is 76.0 Å². The molecule has 0 spiro atoms. The first-order valence-electron chi connectivity index (χ1n) is 10.1. The molecule has 0 fully saturated rings. The maximum Gasteiger partial charge on any atom is 0.229 e. The molecule has 2 aromatic carbocycles. The highest BCUT2D eigenvalue weighted by Crippen LogP contribution is 2.32. The number of benzene rings is 2. The molecule has 1 aliphatic rings. The predicted molar refractivity (Wildman–Crippen MR) is 118 cm³/mol. The SMILES string of the molecule is Cc1cc(C)c(Nc2nc(C)c3c(n2)N(CC(O)c2ccccc2)CC3)c(C)c1. The summed E-state index contributed by atoms with van der Waals surface area (Å²) >= 11 is 0. The van der Waals surface area contributed by atoms with Gasteiger partial charge >= 0.3 is 0 Å². The van der Waals surface area contributed by atoms with E-state index in [4.69, 9.17) is 9.97 Å². The van der Waals surface area contributed by atoms with E-state index in [1.807, 2.05) is 37.3 Å². The minimum atomic E-state index is -0.546. The molecule has 0 bridgehead atoms. The molecular weight excluding hydrogens is 360 g/mol. The molecule has 1 aliphatic heterocycles. The minimum Gasteiger partial charge on any atom is -0.387 e. The topological polar surface area (TPSA) is 61.3 Å². The van der Waals surface area contributed by atoms with E-state index in [2.05, 4.69) is 43.1 Å². The van der Waals surface area contributed by atoms with Crippen LogP contribution in [0.5, 0.6) is 0 Å². The second-order valence-electron chi connectivity index (χ2n) is 7.96. The van der Waals surface area contributed by atoms with Crippen LogP contribution in [0.4, 0.5) is 17.5 Å². The van der Waals surface area contributed by atoms with Crippen molar-refractivity contribution in [2.24, 2.45) is 0 Å². The number of aryl methyl sites for hydroxylation is 4. The van der Waals surface area contributed by atoms with Gasteiger partial charge < -0.3 is 15.3 Å². The fourth-order valence-electron chi connectivity index (χ4n) is 4.20. The summed E-state index contributed by atoms with van der Waals surface area (Å²) in [7, 11) is 0. The summed E-state index contributed by atoms with van der Waals surface area (Å²) in [5.74, 6) is 1.54. The van der Waals surface area contributed by atoms with Gasteiger partial charge in [-0.2, -0.15) is 4.98 Å². The first-order chi connectivity index (χ1) is 13.9. The van der Waals surface area contributed by atoms with Gasteiger partial charge in [0.1, 0.15) is 5.82 Å². The third kappa shape index (κ3) is 3.96. The smallest absolute Gasteiger partial charge is 0.229 e. The van der Waals surface area contributed by atoms with Gasteiger partial charge in [0.05, 0.1) is 6.10 Å². The van der Waals surface area contributed by atoms with Gasteiger partial charge in [-0.25, -0.2) is 4.98 Å². The molecule has 0 saturated heterocycles. The van der Waals surface area contributed by atoms with Gasteiger partial charge in [0.25, 0.3) is 0 Å². The van der Waals surface area contributed by atoms with Crippen LogP contribution in [-0.2, 0) is 6.42 Å². The Morgan fingerprint density at radius 3 is 2.41 bits per heavy atom. The molecule has 5 nitrogen and oxygen atoms in total. The molecule has 0 radical (unpaired) electrons. The lowest BCUT2D eigenvalue weighted by molar-refractivity contribution is 0.184. The summed E-state index contributed by atoms with van der Waals surface area (Å²) in [5.41, 5.74) is 7.77. The Hall–Kier alpha value is -2.92. The number of anilines is 3. The summed E-state index contributed by atoms with van der Waals surface area (Å²) in [6.07, 6.45) is 0.362. The molecule has 29 heavy (non-hydrogen) atoms. The van der Waals surface area contributed by atoms with Crippen LogP contribution in [0.25, 0.3) is 0 Å². The lowest BCUT2D eigenvalue weighted by Gasteiger charge is -2.23. The summed E-state index contributed by atoms with van der Waals surface area (Å²) in [4.78, 5) is 11.7. The van der Waals surface area contributed by atoms with Crippen LogP contribution in [-0.4, -0.2) is 28.2 Å². The van der Waals surface area contributed by atoms with Crippen molar-refractivity contribution in [3.63, 3.8) is 0 Å². The van der Waals surface area contributed by atoms with Crippen LogP contribution < -0.4 is 10.2 Å². The number of aliphatic hydroxyl groups is 1. The summed E-state index contributed by atoms with van der Waals surface area (Å²) < 4.78 is 0. The fourth-order valence-corrected chi connectivity index (χ4v) is 4.20. The molecule has 2 heterocycles. The van der Waals surface area contributed by atoms with Crippen LogP contribution in [0, 0.1) is 27.7 Å². The van der Waals surface area contributed by atoms with Crippen LogP contribution in [0.15, 0.2) is 42.5 Å². The molecule has 0 amide bonds. The van der Waals surface area contributed by atoms with E-state index in [1.54, 1.807) is 0 Å². The van der Waals surface area contributed by atoms with Crippen molar-refractivity contribution in [1.29, 1.82) is 0 Å². The van der Waals surface area contributed by atoms with E-state index in [0.717, 1.165) is 35.7 Å². The highest BCUT2D eigenvalue weighted by molar-refractivity contribution is 5.66. The van der Waals surface area contributed by atoms with Crippen molar-refractivity contribution < 1.29 is 5.11 Å². The van der Waals surface area contributed by atoms with Gasteiger partial charge in [-0.3, -0.25) is 0 Å². The number of aromatic nitrogens is 2. The standard InChI is InChI=1S/C24H28N4O/c1-15-12-16(2)22(17(3)13-15)26-24-25-18(4)20-10-11-28(23(20)27-24)14-21(29)19-8-6-5-7-9-19/h5-9,12-13,21,29H,10-11,14H2,1-4H3,(H,25,26,27). The Kier molecular flexibility index (Phi) is 5.24. The second kappa shape index (κ2) is 7.84. The molecule has 1 unspecified atom stereocenters. The number of fused-ring (bicyclic) bond motifs is 1. The Morgan fingerprint density at radius 1 is 1.03 bits per heavy atom.